The average molecular weight is 488 g/mol. The second-order valence-electron chi connectivity index (χ2n) is 6.93. The van der Waals surface area contributed by atoms with Gasteiger partial charge in [-0.15, -0.1) is 0 Å². The molecule has 33 heavy (non-hydrogen) atoms. The zero-order valence-electron chi connectivity index (χ0n) is 17.7. The summed E-state index contributed by atoms with van der Waals surface area (Å²) >= 11 is 5.85. The number of sulfonamides is 1. The minimum atomic E-state index is -3.47. The molecule has 3 N–H and O–H groups in total. The lowest BCUT2D eigenvalue weighted by molar-refractivity contribution is 0.0846. The van der Waals surface area contributed by atoms with Gasteiger partial charge in [0.05, 0.1) is 5.75 Å². The number of anilines is 1. The number of hydrogen-bond donors (Lipinski definition) is 3. The molecule has 8 nitrogen and oxygen atoms in total. The van der Waals surface area contributed by atoms with Gasteiger partial charge >= 0.3 is 0 Å². The maximum atomic E-state index is 12.3. The molecule has 0 saturated carbocycles. The van der Waals surface area contributed by atoms with E-state index in [1.165, 1.54) is 31.2 Å². The first-order chi connectivity index (χ1) is 15.8. The molecular formula is C23H22ClN3O5S. The molecule has 0 spiro atoms. The van der Waals surface area contributed by atoms with Crippen molar-refractivity contribution in [2.75, 3.05) is 10.5 Å². The largest absolute Gasteiger partial charge is 0.489 e. The number of benzene rings is 3. The second-order valence-corrected chi connectivity index (χ2v) is 9.38. The molecule has 3 aromatic carbocycles. The normalized spacial score (nSPS) is 10.8. The van der Waals surface area contributed by atoms with Gasteiger partial charge in [0.25, 0.3) is 11.8 Å². The summed E-state index contributed by atoms with van der Waals surface area (Å²) in [4.78, 5) is 24.7. The number of halogens is 1. The summed E-state index contributed by atoms with van der Waals surface area (Å²) in [6.07, 6.45) is 0. The van der Waals surface area contributed by atoms with Crippen LogP contribution in [0.3, 0.4) is 0 Å². The van der Waals surface area contributed by atoms with Crippen LogP contribution in [0.1, 0.15) is 33.2 Å². The Morgan fingerprint density at radius 3 is 2.15 bits per heavy atom. The van der Waals surface area contributed by atoms with E-state index < -0.39 is 21.8 Å². The lowest BCUT2D eigenvalue weighted by Gasteiger charge is -2.10. The van der Waals surface area contributed by atoms with E-state index in [-0.39, 0.29) is 17.0 Å². The van der Waals surface area contributed by atoms with Gasteiger partial charge in [-0.05, 0) is 67.1 Å². The van der Waals surface area contributed by atoms with Crippen molar-refractivity contribution in [3.8, 4) is 5.75 Å². The van der Waals surface area contributed by atoms with Crippen molar-refractivity contribution < 1.29 is 22.7 Å². The van der Waals surface area contributed by atoms with Gasteiger partial charge in [0.1, 0.15) is 12.4 Å². The molecule has 3 aromatic rings. The van der Waals surface area contributed by atoms with Crippen molar-refractivity contribution in [3.05, 3.63) is 94.5 Å². The van der Waals surface area contributed by atoms with Gasteiger partial charge in [-0.1, -0.05) is 29.8 Å². The average Bonchev–Trinajstić information content (AvgIpc) is 2.82. The predicted octanol–water partition coefficient (Wildman–Crippen LogP) is 3.76. The number of carbonyl (C=O) groups is 2. The molecule has 0 bridgehead atoms. The molecule has 10 heteroatoms. The number of carbonyl (C=O) groups excluding carboxylic acids is 2. The molecule has 0 aromatic heterocycles. The second kappa shape index (κ2) is 10.8. The summed E-state index contributed by atoms with van der Waals surface area (Å²) in [7, 11) is -3.47. The molecule has 0 aliphatic heterocycles. The van der Waals surface area contributed by atoms with Crippen LogP contribution in [0.15, 0.2) is 72.8 Å². The molecule has 172 valence electrons. The predicted molar refractivity (Wildman–Crippen MR) is 127 cm³/mol. The zero-order valence-corrected chi connectivity index (χ0v) is 19.2. The third kappa shape index (κ3) is 7.23. The van der Waals surface area contributed by atoms with Crippen molar-refractivity contribution in [2.24, 2.45) is 0 Å². The van der Waals surface area contributed by atoms with E-state index in [1.807, 2.05) is 0 Å². The van der Waals surface area contributed by atoms with Crippen molar-refractivity contribution in [1.82, 2.24) is 10.9 Å². The van der Waals surface area contributed by atoms with E-state index in [0.29, 0.717) is 22.9 Å². The molecule has 0 aliphatic rings. The summed E-state index contributed by atoms with van der Waals surface area (Å²) in [6.45, 7) is 1.83. The van der Waals surface area contributed by atoms with Gasteiger partial charge in [0.15, 0.2) is 0 Å². The molecular weight excluding hydrogens is 466 g/mol. The Labute approximate surface area is 196 Å². The highest BCUT2D eigenvalue weighted by Gasteiger charge is 2.12. The molecule has 2 amide bonds. The number of nitrogens with one attached hydrogen (secondary N) is 3. The number of hydrogen-bond acceptors (Lipinski definition) is 5. The SMILES string of the molecule is CCS(=O)(=O)Nc1cccc(C(=O)NNC(=O)c2ccc(COc3ccc(Cl)cc3)cc2)c1. The van der Waals surface area contributed by atoms with E-state index in [1.54, 1.807) is 48.5 Å². The fourth-order valence-corrected chi connectivity index (χ4v) is 3.44. The van der Waals surface area contributed by atoms with Crippen LogP contribution < -0.4 is 20.3 Å². The molecule has 0 radical (unpaired) electrons. The van der Waals surface area contributed by atoms with Gasteiger partial charge in [-0.3, -0.25) is 25.2 Å². The molecule has 3 rings (SSSR count). The fourth-order valence-electron chi connectivity index (χ4n) is 2.68. The zero-order chi connectivity index (χ0) is 23.8. The number of amides is 2. The van der Waals surface area contributed by atoms with E-state index in [2.05, 4.69) is 15.6 Å². The maximum Gasteiger partial charge on any atom is 0.269 e. The Bertz CT molecular complexity index is 1230. The van der Waals surface area contributed by atoms with E-state index in [4.69, 9.17) is 16.3 Å². The third-order valence-electron chi connectivity index (χ3n) is 4.50. The quantitative estimate of drug-likeness (QED) is 0.419. The van der Waals surface area contributed by atoms with Crippen LogP contribution in [0.25, 0.3) is 0 Å². The fraction of sp³-hybridized carbons (Fsp3) is 0.130. The number of ether oxygens (including phenoxy) is 1. The van der Waals surface area contributed by atoms with E-state index in [9.17, 15) is 18.0 Å². The minimum Gasteiger partial charge on any atom is -0.489 e. The number of rotatable bonds is 8. The molecule has 0 heterocycles. The summed E-state index contributed by atoms with van der Waals surface area (Å²) in [5.41, 5.74) is 6.29. The van der Waals surface area contributed by atoms with Crippen LogP contribution in [0, 0.1) is 0 Å². The van der Waals surface area contributed by atoms with Gasteiger partial charge in [-0.2, -0.15) is 0 Å². The van der Waals surface area contributed by atoms with E-state index >= 15 is 0 Å². The van der Waals surface area contributed by atoms with Gasteiger partial charge < -0.3 is 4.74 Å². The minimum absolute atomic E-state index is 0.0917. The summed E-state index contributed by atoms with van der Waals surface area (Å²) in [5, 5.41) is 0.624. The summed E-state index contributed by atoms with van der Waals surface area (Å²) < 4.78 is 31.4. The summed E-state index contributed by atoms with van der Waals surface area (Å²) in [5.74, 6) is -0.508. The highest BCUT2D eigenvalue weighted by atomic mass is 35.5. The van der Waals surface area contributed by atoms with Crippen LogP contribution in [0.4, 0.5) is 5.69 Å². The van der Waals surface area contributed by atoms with Crippen LogP contribution in [-0.2, 0) is 16.6 Å². The highest BCUT2D eigenvalue weighted by molar-refractivity contribution is 7.92. The Hall–Kier alpha value is -3.56. The Morgan fingerprint density at radius 1 is 0.879 bits per heavy atom. The Balaban J connectivity index is 1.53. The third-order valence-corrected chi connectivity index (χ3v) is 6.06. The van der Waals surface area contributed by atoms with Crippen LogP contribution in [0.5, 0.6) is 5.75 Å². The van der Waals surface area contributed by atoms with Crippen LogP contribution in [-0.4, -0.2) is 26.0 Å². The first-order valence-corrected chi connectivity index (χ1v) is 12.0. The van der Waals surface area contributed by atoms with Crippen LogP contribution in [0.2, 0.25) is 5.02 Å². The first-order valence-electron chi connectivity index (χ1n) is 9.94. The molecule has 0 fully saturated rings. The topological polar surface area (TPSA) is 114 Å². The van der Waals surface area contributed by atoms with Crippen molar-refractivity contribution in [2.45, 2.75) is 13.5 Å². The van der Waals surface area contributed by atoms with Crippen molar-refractivity contribution in [1.29, 1.82) is 0 Å². The van der Waals surface area contributed by atoms with Gasteiger partial charge in [0.2, 0.25) is 10.0 Å². The molecule has 0 atom stereocenters. The lowest BCUT2D eigenvalue weighted by atomic mass is 10.1. The lowest BCUT2D eigenvalue weighted by Crippen LogP contribution is -2.41. The van der Waals surface area contributed by atoms with Crippen LogP contribution >= 0.6 is 11.6 Å². The maximum absolute atomic E-state index is 12.3. The Morgan fingerprint density at radius 2 is 1.52 bits per heavy atom. The molecule has 0 aliphatic carbocycles. The van der Waals surface area contributed by atoms with Crippen molar-refractivity contribution in [3.63, 3.8) is 0 Å². The Kier molecular flexibility index (Phi) is 7.92. The highest BCUT2D eigenvalue weighted by Crippen LogP contribution is 2.17. The first kappa shape index (κ1) is 24.1. The van der Waals surface area contributed by atoms with Gasteiger partial charge in [-0.25, -0.2) is 8.42 Å². The summed E-state index contributed by atoms with van der Waals surface area (Å²) in [6, 6.07) is 19.7. The van der Waals surface area contributed by atoms with E-state index in [0.717, 1.165) is 5.56 Å². The van der Waals surface area contributed by atoms with Gasteiger partial charge in [0, 0.05) is 21.8 Å². The monoisotopic (exact) mass is 487 g/mol. The molecule has 0 unspecified atom stereocenters. The molecule has 0 saturated heterocycles. The van der Waals surface area contributed by atoms with Crippen molar-refractivity contribution >= 4 is 39.1 Å². The standard InChI is InChI=1S/C23H22ClN3O5S/c1-2-33(30,31)27-20-5-3-4-18(14-20)23(29)26-25-22(28)17-8-6-16(7-9-17)15-32-21-12-10-19(24)11-13-21/h3-14,27H,2,15H2,1H3,(H,25,28)(H,26,29). The smallest absolute Gasteiger partial charge is 0.269 e. The number of hydrazine groups is 1.